The van der Waals surface area contributed by atoms with E-state index in [0.29, 0.717) is 23.3 Å². The van der Waals surface area contributed by atoms with Crippen molar-refractivity contribution in [2.75, 3.05) is 20.8 Å². The van der Waals surface area contributed by atoms with Crippen LogP contribution < -0.4 is 0 Å². The summed E-state index contributed by atoms with van der Waals surface area (Å²) in [5, 5.41) is 4.49. The molecule has 206 valence electrons. The number of hydrogen-bond donors (Lipinski definition) is 0. The molecular weight excluding hydrogens is 493 g/mol. The standard InChI is InChI=1S/C17H16FN3O.C14H22N2O/c1-17(2,3)14-8-15(11-4-6-12(18)7-5-11)20-21-9-13(10-22)19-16(14)21;1-14(2,11-17)16(4)12-15(3)10-13-8-6-5-7-9-13/h4-10H,1-3H3;5-9,11H,10,12H2,1-4H3. The van der Waals surface area contributed by atoms with Gasteiger partial charge < -0.3 is 4.79 Å². The lowest BCUT2D eigenvalue weighted by Crippen LogP contribution is -2.47. The van der Waals surface area contributed by atoms with Gasteiger partial charge in [-0.2, -0.15) is 5.10 Å². The summed E-state index contributed by atoms with van der Waals surface area (Å²) in [4.78, 5) is 30.5. The van der Waals surface area contributed by atoms with Gasteiger partial charge in [-0.3, -0.25) is 14.6 Å². The molecule has 39 heavy (non-hydrogen) atoms. The molecule has 0 spiro atoms. The molecule has 0 aliphatic rings. The Morgan fingerprint density at radius 1 is 0.949 bits per heavy atom. The highest BCUT2D eigenvalue weighted by Crippen LogP contribution is 2.29. The first kappa shape index (κ1) is 29.8. The van der Waals surface area contributed by atoms with E-state index in [9.17, 15) is 14.0 Å². The average molecular weight is 532 g/mol. The van der Waals surface area contributed by atoms with Crippen LogP contribution in [0.25, 0.3) is 16.9 Å². The quantitative estimate of drug-likeness (QED) is 0.217. The second kappa shape index (κ2) is 12.4. The second-order valence-electron chi connectivity index (χ2n) is 11.4. The Hall–Kier alpha value is -3.75. The number of aromatic nitrogens is 3. The number of carbonyl (C=O) groups excluding carboxylic acids is 2. The maximum absolute atomic E-state index is 13.1. The van der Waals surface area contributed by atoms with Gasteiger partial charge in [0.25, 0.3) is 0 Å². The Labute approximate surface area is 230 Å². The summed E-state index contributed by atoms with van der Waals surface area (Å²) < 4.78 is 14.7. The van der Waals surface area contributed by atoms with E-state index >= 15 is 0 Å². The van der Waals surface area contributed by atoms with E-state index < -0.39 is 5.54 Å². The summed E-state index contributed by atoms with van der Waals surface area (Å²) in [6, 6.07) is 18.5. The highest BCUT2D eigenvalue weighted by Gasteiger charge is 2.23. The first-order valence-electron chi connectivity index (χ1n) is 12.9. The van der Waals surface area contributed by atoms with Gasteiger partial charge in [-0.05, 0) is 69.3 Å². The highest BCUT2D eigenvalue weighted by atomic mass is 19.1. The van der Waals surface area contributed by atoms with E-state index in [4.69, 9.17) is 0 Å². The Morgan fingerprint density at radius 3 is 2.15 bits per heavy atom. The van der Waals surface area contributed by atoms with Crippen LogP contribution in [0.1, 0.15) is 56.2 Å². The van der Waals surface area contributed by atoms with Gasteiger partial charge in [-0.15, -0.1) is 0 Å². The zero-order valence-electron chi connectivity index (χ0n) is 23.9. The van der Waals surface area contributed by atoms with Crippen LogP contribution in [0.15, 0.2) is 66.9 Å². The molecule has 2 heterocycles. The lowest BCUT2D eigenvalue weighted by Gasteiger charge is -2.33. The van der Waals surface area contributed by atoms with Gasteiger partial charge in [0, 0.05) is 17.7 Å². The number of hydrogen-bond acceptors (Lipinski definition) is 6. The van der Waals surface area contributed by atoms with Crippen LogP contribution in [0.4, 0.5) is 4.39 Å². The first-order chi connectivity index (χ1) is 18.3. The Morgan fingerprint density at radius 2 is 1.59 bits per heavy atom. The third-order valence-electron chi connectivity index (χ3n) is 6.53. The fraction of sp³-hybridized carbons (Fsp3) is 0.355. The lowest BCUT2D eigenvalue weighted by atomic mass is 9.87. The SMILES string of the molecule is CC(C)(C)c1cc(-c2ccc(F)cc2)nn2cc(C=O)nc12.CN(Cc1ccccc1)CN(C)C(C)(C)C=O. The van der Waals surface area contributed by atoms with Crippen molar-refractivity contribution in [3.05, 3.63) is 89.5 Å². The number of nitrogens with zero attached hydrogens (tertiary/aromatic N) is 5. The molecule has 0 amide bonds. The minimum absolute atomic E-state index is 0.162. The maximum atomic E-state index is 13.1. The molecule has 0 aliphatic carbocycles. The lowest BCUT2D eigenvalue weighted by molar-refractivity contribution is -0.117. The van der Waals surface area contributed by atoms with Crippen molar-refractivity contribution in [3.8, 4) is 11.3 Å². The predicted octanol–water partition coefficient (Wildman–Crippen LogP) is 5.63. The third kappa shape index (κ3) is 7.88. The van der Waals surface area contributed by atoms with Crippen LogP contribution in [0.5, 0.6) is 0 Å². The average Bonchev–Trinajstić information content (AvgIpc) is 3.32. The van der Waals surface area contributed by atoms with Crippen molar-refractivity contribution in [2.24, 2.45) is 0 Å². The van der Waals surface area contributed by atoms with Crippen molar-refractivity contribution in [2.45, 2.75) is 52.1 Å². The van der Waals surface area contributed by atoms with E-state index in [1.807, 2.05) is 50.1 Å². The van der Waals surface area contributed by atoms with Gasteiger partial charge in [0.1, 0.15) is 17.8 Å². The smallest absolute Gasteiger partial charge is 0.170 e. The van der Waals surface area contributed by atoms with Crippen LogP contribution in [-0.2, 0) is 16.8 Å². The number of halogens is 1. The minimum atomic E-state index is -0.412. The minimum Gasteiger partial charge on any atom is -0.301 e. The molecule has 4 aromatic rings. The number of fused-ring (bicyclic) bond motifs is 1. The molecular formula is C31H38FN5O2. The summed E-state index contributed by atoms with van der Waals surface area (Å²) in [7, 11) is 4.03. The zero-order valence-corrected chi connectivity index (χ0v) is 23.9. The first-order valence-corrected chi connectivity index (χ1v) is 12.9. The fourth-order valence-electron chi connectivity index (χ4n) is 3.94. The highest BCUT2D eigenvalue weighted by molar-refractivity contribution is 5.74. The number of benzene rings is 2. The Bertz CT molecular complexity index is 1390. The van der Waals surface area contributed by atoms with E-state index in [2.05, 4.69) is 54.9 Å². The van der Waals surface area contributed by atoms with Crippen LogP contribution in [-0.4, -0.2) is 63.3 Å². The summed E-state index contributed by atoms with van der Waals surface area (Å²) in [6.07, 6.45) is 3.30. The summed E-state index contributed by atoms with van der Waals surface area (Å²) >= 11 is 0. The monoisotopic (exact) mass is 531 g/mol. The van der Waals surface area contributed by atoms with Crippen LogP contribution in [0.3, 0.4) is 0 Å². The molecule has 2 aromatic heterocycles. The Balaban J connectivity index is 0.000000224. The molecule has 0 bridgehead atoms. The van der Waals surface area contributed by atoms with Crippen molar-refractivity contribution in [1.82, 2.24) is 24.4 Å². The molecule has 0 radical (unpaired) electrons. The van der Waals surface area contributed by atoms with Gasteiger partial charge in [0.05, 0.1) is 24.1 Å². The van der Waals surface area contributed by atoms with E-state index in [1.54, 1.807) is 22.8 Å². The molecule has 0 saturated carbocycles. The van der Waals surface area contributed by atoms with Crippen LogP contribution >= 0.6 is 0 Å². The number of carbonyl (C=O) groups is 2. The zero-order chi connectivity index (χ0) is 28.8. The van der Waals surface area contributed by atoms with Gasteiger partial charge in [0.15, 0.2) is 11.9 Å². The normalized spacial score (nSPS) is 11.9. The molecule has 0 N–H and O–H groups in total. The van der Waals surface area contributed by atoms with Gasteiger partial charge in [-0.25, -0.2) is 13.9 Å². The predicted molar refractivity (Wildman–Crippen MR) is 153 cm³/mol. The molecule has 4 rings (SSSR count). The number of rotatable bonds is 8. The van der Waals surface area contributed by atoms with Crippen LogP contribution in [0.2, 0.25) is 0 Å². The number of aldehydes is 2. The molecule has 7 nitrogen and oxygen atoms in total. The van der Waals surface area contributed by atoms with Crippen LogP contribution in [0, 0.1) is 5.82 Å². The third-order valence-corrected chi connectivity index (χ3v) is 6.53. The topological polar surface area (TPSA) is 70.8 Å². The summed E-state index contributed by atoms with van der Waals surface area (Å²) in [5.41, 5.74) is 4.23. The van der Waals surface area contributed by atoms with Crippen molar-refractivity contribution >= 4 is 18.2 Å². The molecule has 0 atom stereocenters. The molecule has 0 saturated heterocycles. The molecule has 8 heteroatoms. The van der Waals surface area contributed by atoms with Gasteiger partial charge >= 0.3 is 0 Å². The van der Waals surface area contributed by atoms with E-state index in [1.165, 1.54) is 17.7 Å². The second-order valence-corrected chi connectivity index (χ2v) is 11.4. The molecule has 2 aromatic carbocycles. The van der Waals surface area contributed by atoms with Crippen molar-refractivity contribution < 1.29 is 14.0 Å². The van der Waals surface area contributed by atoms with Crippen molar-refractivity contribution in [1.29, 1.82) is 0 Å². The van der Waals surface area contributed by atoms with Gasteiger partial charge in [-0.1, -0.05) is 51.1 Å². The fourth-order valence-corrected chi connectivity index (χ4v) is 3.94. The maximum Gasteiger partial charge on any atom is 0.170 e. The molecule has 0 fully saturated rings. The van der Waals surface area contributed by atoms with E-state index in [0.717, 1.165) is 30.6 Å². The summed E-state index contributed by atoms with van der Waals surface area (Å²) in [6.45, 7) is 11.7. The number of imidazole rings is 1. The largest absolute Gasteiger partial charge is 0.301 e. The number of likely N-dealkylation sites (N-methyl/N-ethyl adjacent to an activating group) is 1. The van der Waals surface area contributed by atoms with Crippen molar-refractivity contribution in [3.63, 3.8) is 0 Å². The van der Waals surface area contributed by atoms with E-state index in [-0.39, 0.29) is 11.2 Å². The molecule has 0 aliphatic heterocycles. The Kier molecular flexibility index (Phi) is 9.48. The van der Waals surface area contributed by atoms with Gasteiger partial charge in [0.2, 0.25) is 0 Å². The summed E-state index contributed by atoms with van der Waals surface area (Å²) in [5.74, 6) is -0.285. The molecule has 0 unspecified atom stereocenters.